The number of rotatable bonds is 7. The normalized spacial score (nSPS) is 10.9. The number of amides is 1. The number of aryl methyl sites for hydroxylation is 2. The topological polar surface area (TPSA) is 98.6 Å². The number of nitrogens with zero attached hydrogens (tertiary/aromatic N) is 2. The lowest BCUT2D eigenvalue weighted by atomic mass is 10.3. The minimum absolute atomic E-state index is 0. The molecule has 1 aromatic heterocycles. The van der Waals surface area contributed by atoms with Crippen molar-refractivity contribution < 1.29 is 9.90 Å². The van der Waals surface area contributed by atoms with E-state index in [4.69, 9.17) is 0 Å². The van der Waals surface area contributed by atoms with Gasteiger partial charge in [0.1, 0.15) is 12.3 Å². The summed E-state index contributed by atoms with van der Waals surface area (Å²) >= 11 is 1.71. The van der Waals surface area contributed by atoms with Gasteiger partial charge in [0.15, 0.2) is 5.96 Å². The fraction of sp³-hybridized carbons (Fsp3) is 0.389. The quantitative estimate of drug-likeness (QED) is 0.202. The second-order valence-electron chi connectivity index (χ2n) is 5.72. The zero-order valence-corrected chi connectivity index (χ0v) is 18.9. The Kier molecular flexibility index (Phi) is 10.1. The maximum Gasteiger partial charge on any atom is 0.246 e. The van der Waals surface area contributed by atoms with Crippen LogP contribution in [0.25, 0.3) is 0 Å². The first-order valence-corrected chi connectivity index (χ1v) is 9.33. The number of aromatic nitrogens is 1. The molecule has 0 spiro atoms. The van der Waals surface area contributed by atoms with Crippen LogP contribution in [0.4, 0.5) is 5.69 Å². The average molecular weight is 503 g/mol. The summed E-state index contributed by atoms with van der Waals surface area (Å²) in [5.41, 5.74) is 1.70. The molecule has 0 aliphatic carbocycles. The second kappa shape index (κ2) is 11.8. The van der Waals surface area contributed by atoms with Gasteiger partial charge in [0.25, 0.3) is 0 Å². The van der Waals surface area contributed by atoms with Gasteiger partial charge in [-0.15, -0.1) is 35.3 Å². The van der Waals surface area contributed by atoms with E-state index >= 15 is 0 Å². The number of hydrogen-bond donors (Lipinski definition) is 4. The Bertz CT molecular complexity index is 742. The Labute approximate surface area is 180 Å². The molecule has 1 amide bonds. The van der Waals surface area contributed by atoms with Crippen LogP contribution in [-0.2, 0) is 11.2 Å². The first-order valence-electron chi connectivity index (χ1n) is 8.52. The third kappa shape index (κ3) is 8.12. The Morgan fingerprint density at radius 1 is 1.22 bits per heavy atom. The molecule has 0 aliphatic rings. The minimum atomic E-state index is -0.223. The molecule has 2 rings (SSSR count). The van der Waals surface area contributed by atoms with Crippen LogP contribution in [0.3, 0.4) is 0 Å². The van der Waals surface area contributed by atoms with Crippen LogP contribution < -0.4 is 16.0 Å². The number of nitrogens with one attached hydrogen (secondary N) is 3. The third-order valence-corrected chi connectivity index (χ3v) is 4.71. The van der Waals surface area contributed by atoms with Crippen molar-refractivity contribution >= 4 is 52.9 Å². The van der Waals surface area contributed by atoms with Crippen molar-refractivity contribution in [2.75, 3.05) is 25.0 Å². The van der Waals surface area contributed by atoms with E-state index in [2.05, 4.69) is 32.9 Å². The fourth-order valence-electron chi connectivity index (χ4n) is 2.17. The molecule has 0 radical (unpaired) electrons. The summed E-state index contributed by atoms with van der Waals surface area (Å²) in [7, 11) is 0. The van der Waals surface area contributed by atoms with Gasteiger partial charge in [0.2, 0.25) is 5.91 Å². The molecule has 0 atom stereocenters. The summed E-state index contributed by atoms with van der Waals surface area (Å²) in [6.07, 6.45) is 0.809. The molecule has 9 heteroatoms. The lowest BCUT2D eigenvalue weighted by Gasteiger charge is -2.10. The predicted molar refractivity (Wildman–Crippen MR) is 121 cm³/mol. The molecule has 2 aromatic rings. The monoisotopic (exact) mass is 503 g/mol. The number of aromatic hydroxyl groups is 1. The van der Waals surface area contributed by atoms with Gasteiger partial charge >= 0.3 is 0 Å². The van der Waals surface area contributed by atoms with Crippen molar-refractivity contribution in [3.05, 3.63) is 39.8 Å². The molecule has 4 N–H and O–H groups in total. The molecule has 1 aromatic carbocycles. The second-order valence-corrected chi connectivity index (χ2v) is 7.00. The number of aliphatic imine (C=N–C) groups is 1. The van der Waals surface area contributed by atoms with Gasteiger partial charge < -0.3 is 21.1 Å². The zero-order valence-electron chi connectivity index (χ0n) is 15.7. The van der Waals surface area contributed by atoms with E-state index in [9.17, 15) is 9.90 Å². The molecule has 27 heavy (non-hydrogen) atoms. The molecule has 148 valence electrons. The van der Waals surface area contributed by atoms with Crippen LogP contribution in [0.15, 0.2) is 29.3 Å². The number of thiazole rings is 1. The Balaban J connectivity index is 0.00000364. The Morgan fingerprint density at radius 2 is 1.93 bits per heavy atom. The Morgan fingerprint density at radius 3 is 2.52 bits per heavy atom. The number of carbonyl (C=O) groups is 1. The molecule has 0 unspecified atom stereocenters. The van der Waals surface area contributed by atoms with Gasteiger partial charge in [-0.1, -0.05) is 0 Å². The van der Waals surface area contributed by atoms with Crippen molar-refractivity contribution in [2.24, 2.45) is 4.99 Å². The standard InChI is InChI=1S/C18H25N5O2S.HI/c1-4-19-18(20-10-9-17-22-12(2)13(3)26-17)21-11-16(25)23-14-5-7-15(24)8-6-14;/h5-8,24H,4,9-11H2,1-3H3,(H,23,25)(H2,19,20,21);1H. The van der Waals surface area contributed by atoms with Crippen LogP contribution >= 0.6 is 35.3 Å². The number of phenols is 1. The van der Waals surface area contributed by atoms with Gasteiger partial charge in [-0.05, 0) is 45.0 Å². The van der Waals surface area contributed by atoms with Crippen molar-refractivity contribution in [1.29, 1.82) is 0 Å². The molecule has 0 fully saturated rings. The lowest BCUT2D eigenvalue weighted by molar-refractivity contribution is -0.114. The van der Waals surface area contributed by atoms with Gasteiger partial charge in [0.05, 0.1) is 10.7 Å². The first kappa shape index (κ1) is 23.2. The van der Waals surface area contributed by atoms with E-state index in [1.807, 2.05) is 13.8 Å². The lowest BCUT2D eigenvalue weighted by Crippen LogP contribution is -2.39. The van der Waals surface area contributed by atoms with Crippen LogP contribution in [-0.4, -0.2) is 41.6 Å². The highest BCUT2D eigenvalue weighted by molar-refractivity contribution is 14.0. The molecular weight excluding hydrogens is 477 g/mol. The van der Waals surface area contributed by atoms with Crippen LogP contribution in [0.5, 0.6) is 5.75 Å². The van der Waals surface area contributed by atoms with Crippen molar-refractivity contribution in [3.63, 3.8) is 0 Å². The van der Waals surface area contributed by atoms with Gasteiger partial charge in [0, 0.05) is 30.1 Å². The summed E-state index contributed by atoms with van der Waals surface area (Å²) in [6, 6.07) is 6.32. The molecule has 0 saturated heterocycles. The van der Waals surface area contributed by atoms with E-state index in [1.165, 1.54) is 17.0 Å². The fourth-order valence-corrected chi connectivity index (χ4v) is 3.11. The van der Waals surface area contributed by atoms with Crippen molar-refractivity contribution in [1.82, 2.24) is 15.6 Å². The highest BCUT2D eigenvalue weighted by Crippen LogP contribution is 2.16. The summed E-state index contributed by atoms with van der Waals surface area (Å²) in [5, 5.41) is 19.4. The van der Waals surface area contributed by atoms with E-state index in [-0.39, 0.29) is 42.2 Å². The highest BCUT2D eigenvalue weighted by atomic mass is 127. The minimum Gasteiger partial charge on any atom is -0.508 e. The van der Waals surface area contributed by atoms with Gasteiger partial charge in [-0.25, -0.2) is 9.98 Å². The van der Waals surface area contributed by atoms with E-state index < -0.39 is 0 Å². The number of hydrogen-bond acceptors (Lipinski definition) is 5. The maximum absolute atomic E-state index is 12.0. The number of phenolic OH excluding ortho intramolecular Hbond substituents is 1. The summed E-state index contributed by atoms with van der Waals surface area (Å²) in [5.74, 6) is 0.530. The molecule has 7 nitrogen and oxygen atoms in total. The largest absolute Gasteiger partial charge is 0.508 e. The molecule has 0 saturated carbocycles. The summed E-state index contributed by atoms with van der Waals surface area (Å²) < 4.78 is 0. The van der Waals surface area contributed by atoms with Crippen LogP contribution in [0, 0.1) is 13.8 Å². The smallest absolute Gasteiger partial charge is 0.246 e. The molecular formula is C18H26IN5O2S. The number of benzene rings is 1. The maximum atomic E-state index is 12.0. The SMILES string of the molecule is CCNC(=NCC(=O)Nc1ccc(O)cc1)NCCc1nc(C)c(C)s1.I. The van der Waals surface area contributed by atoms with Crippen LogP contribution in [0.2, 0.25) is 0 Å². The van der Waals surface area contributed by atoms with E-state index in [0.717, 1.165) is 17.1 Å². The molecule has 0 aliphatic heterocycles. The van der Waals surface area contributed by atoms with Gasteiger partial charge in [-0.2, -0.15) is 0 Å². The molecule has 0 bridgehead atoms. The Hall–Kier alpha value is -1.88. The highest BCUT2D eigenvalue weighted by Gasteiger charge is 2.06. The number of carbonyl (C=O) groups excluding carboxylic acids is 1. The van der Waals surface area contributed by atoms with E-state index in [0.29, 0.717) is 24.7 Å². The van der Waals surface area contributed by atoms with Crippen molar-refractivity contribution in [2.45, 2.75) is 27.2 Å². The summed E-state index contributed by atoms with van der Waals surface area (Å²) in [4.78, 5) is 22.1. The van der Waals surface area contributed by atoms with Crippen molar-refractivity contribution in [3.8, 4) is 5.75 Å². The summed E-state index contributed by atoms with van der Waals surface area (Å²) in [6.45, 7) is 7.47. The molecule has 1 heterocycles. The van der Waals surface area contributed by atoms with Gasteiger partial charge in [-0.3, -0.25) is 4.79 Å². The number of guanidine groups is 1. The number of anilines is 1. The zero-order chi connectivity index (χ0) is 18.9. The first-order chi connectivity index (χ1) is 12.5. The van der Waals surface area contributed by atoms with Crippen LogP contribution in [0.1, 0.15) is 22.5 Å². The van der Waals surface area contributed by atoms with E-state index in [1.54, 1.807) is 23.5 Å². The number of halogens is 1. The predicted octanol–water partition coefficient (Wildman–Crippen LogP) is 2.82. The third-order valence-electron chi connectivity index (χ3n) is 3.58. The average Bonchev–Trinajstić information content (AvgIpc) is 2.92.